The molecule has 0 bridgehead atoms. The van der Waals surface area contributed by atoms with Crippen LogP contribution in [0.2, 0.25) is 0 Å². The predicted molar refractivity (Wildman–Crippen MR) is 51.7 cm³/mol. The van der Waals surface area contributed by atoms with Crippen molar-refractivity contribution in [3.8, 4) is 0 Å². The third-order valence-corrected chi connectivity index (χ3v) is 1.24. The van der Waals surface area contributed by atoms with Crippen molar-refractivity contribution in [1.29, 1.82) is 0 Å². The third-order valence-electron chi connectivity index (χ3n) is 1.24. The molecule has 0 aliphatic rings. The number of hydrogen-bond acceptors (Lipinski definition) is 4. The quantitative estimate of drug-likeness (QED) is 0.531. The predicted octanol–water partition coefficient (Wildman–Crippen LogP) is 2.10. The summed E-state index contributed by atoms with van der Waals surface area (Å²) in [4.78, 5) is 24.4. The number of rotatable bonds is 1. The van der Waals surface area contributed by atoms with Gasteiger partial charge in [-0.25, -0.2) is 9.59 Å². The number of nitrogens with zero attached hydrogens (tertiary/aromatic N) is 1. The van der Waals surface area contributed by atoms with Crippen molar-refractivity contribution in [2.75, 3.05) is 7.11 Å². The Kier molecular flexibility index (Phi) is 4.67. The van der Waals surface area contributed by atoms with E-state index in [0.29, 0.717) is 0 Å². The van der Waals surface area contributed by atoms with E-state index in [1.54, 1.807) is 0 Å². The number of hydrogen-bond donors (Lipinski definition) is 0. The lowest BCUT2D eigenvalue weighted by Gasteiger charge is -2.17. The van der Waals surface area contributed by atoms with Crippen LogP contribution in [-0.4, -0.2) is 36.7 Å². The fraction of sp³-hybridized carbons (Fsp3) is 0.667. The molecule has 0 N–H and O–H groups in total. The Labute approximate surface area is 95.6 Å². The van der Waals surface area contributed by atoms with Gasteiger partial charge in [0.15, 0.2) is 0 Å². The number of aliphatic imine (C=N–C) groups is 1. The van der Waals surface area contributed by atoms with Crippen LogP contribution in [0.5, 0.6) is 0 Å². The fourth-order valence-corrected chi connectivity index (χ4v) is 0.697. The molecule has 0 aliphatic heterocycles. The molecule has 0 aromatic carbocycles. The van der Waals surface area contributed by atoms with E-state index < -0.39 is 29.6 Å². The number of carbonyl (C=O) groups excluding carboxylic acids is 2. The number of halogens is 3. The van der Waals surface area contributed by atoms with Crippen LogP contribution < -0.4 is 0 Å². The molecule has 98 valence electrons. The maximum Gasteiger partial charge on any atom is 0.440 e. The van der Waals surface area contributed by atoms with E-state index in [-0.39, 0.29) is 0 Å². The maximum atomic E-state index is 12.3. The van der Waals surface area contributed by atoms with Crippen LogP contribution in [0.3, 0.4) is 0 Å². The number of methoxy groups -OCH3 is 1. The molecule has 8 heteroatoms. The summed E-state index contributed by atoms with van der Waals surface area (Å²) < 4.78 is 45.3. The first kappa shape index (κ1) is 15.4. The largest absolute Gasteiger partial charge is 0.464 e. The minimum atomic E-state index is -5.08. The Morgan fingerprint density at radius 3 is 1.88 bits per heavy atom. The van der Waals surface area contributed by atoms with Gasteiger partial charge in [-0.1, -0.05) is 0 Å². The van der Waals surface area contributed by atoms with Crippen molar-refractivity contribution in [1.82, 2.24) is 0 Å². The topological polar surface area (TPSA) is 65.0 Å². The van der Waals surface area contributed by atoms with Gasteiger partial charge in [-0.05, 0) is 20.8 Å². The number of esters is 1. The molecule has 0 radical (unpaired) electrons. The smallest absolute Gasteiger partial charge is 0.440 e. The highest BCUT2D eigenvalue weighted by molar-refractivity contribution is 6.40. The van der Waals surface area contributed by atoms with Crippen molar-refractivity contribution in [2.24, 2.45) is 4.99 Å². The highest BCUT2D eigenvalue weighted by Crippen LogP contribution is 2.19. The second kappa shape index (κ2) is 5.15. The monoisotopic (exact) mass is 255 g/mol. The van der Waals surface area contributed by atoms with E-state index in [2.05, 4.69) is 14.5 Å². The van der Waals surface area contributed by atoms with Gasteiger partial charge in [-0.3, -0.25) is 0 Å². The first-order valence-electron chi connectivity index (χ1n) is 4.44. The van der Waals surface area contributed by atoms with Gasteiger partial charge in [0.2, 0.25) is 5.71 Å². The van der Waals surface area contributed by atoms with Gasteiger partial charge in [-0.2, -0.15) is 18.2 Å². The summed E-state index contributed by atoms with van der Waals surface area (Å²) in [6.45, 7) is 4.35. The summed E-state index contributed by atoms with van der Waals surface area (Å²) >= 11 is 0. The summed E-state index contributed by atoms with van der Waals surface area (Å²) in [5, 5.41) is 0. The van der Waals surface area contributed by atoms with E-state index in [0.717, 1.165) is 7.11 Å². The zero-order valence-corrected chi connectivity index (χ0v) is 9.71. The number of alkyl halides is 3. The first-order chi connectivity index (χ1) is 7.47. The third kappa shape index (κ3) is 5.88. The summed E-state index contributed by atoms with van der Waals surface area (Å²) in [6.07, 6.45) is -6.58. The first-order valence-corrected chi connectivity index (χ1v) is 4.44. The van der Waals surface area contributed by atoms with Crippen LogP contribution in [0.25, 0.3) is 0 Å². The van der Waals surface area contributed by atoms with Gasteiger partial charge in [0.05, 0.1) is 7.11 Å². The molecule has 0 heterocycles. The molecule has 0 saturated carbocycles. The van der Waals surface area contributed by atoms with Gasteiger partial charge < -0.3 is 9.47 Å². The molecule has 0 aromatic rings. The van der Waals surface area contributed by atoms with Gasteiger partial charge in [-0.15, -0.1) is 0 Å². The van der Waals surface area contributed by atoms with Crippen molar-refractivity contribution in [2.45, 2.75) is 32.5 Å². The van der Waals surface area contributed by atoms with Crippen molar-refractivity contribution >= 4 is 17.8 Å². The lowest BCUT2D eigenvalue weighted by molar-refractivity contribution is -0.137. The maximum absolute atomic E-state index is 12.3. The zero-order valence-electron chi connectivity index (χ0n) is 9.71. The normalized spacial score (nSPS) is 13.2. The lowest BCUT2D eigenvalue weighted by Crippen LogP contribution is -2.34. The molecule has 0 aromatic heterocycles. The van der Waals surface area contributed by atoms with Crippen LogP contribution in [0.15, 0.2) is 4.99 Å². The number of carbonyl (C=O) groups is 2. The lowest BCUT2D eigenvalue weighted by atomic mass is 10.2. The SMILES string of the molecule is COC(=O)C(=NC(=O)OC(C)(C)C)C(F)(F)F. The Hall–Kier alpha value is -1.60. The van der Waals surface area contributed by atoms with Crippen LogP contribution in [0, 0.1) is 0 Å². The van der Waals surface area contributed by atoms with Crippen molar-refractivity contribution in [3.63, 3.8) is 0 Å². The molecule has 0 fully saturated rings. The second-order valence-corrected chi connectivity index (χ2v) is 3.93. The average molecular weight is 255 g/mol. The number of ether oxygens (including phenoxy) is 2. The van der Waals surface area contributed by atoms with Crippen LogP contribution >= 0.6 is 0 Å². The van der Waals surface area contributed by atoms with Gasteiger partial charge in [0, 0.05) is 0 Å². The molecule has 0 spiro atoms. The Bertz CT molecular complexity index is 341. The molecule has 0 saturated heterocycles. The Morgan fingerprint density at radius 2 is 1.59 bits per heavy atom. The molecule has 0 aliphatic carbocycles. The zero-order chi connectivity index (χ0) is 13.9. The van der Waals surface area contributed by atoms with E-state index >= 15 is 0 Å². The van der Waals surface area contributed by atoms with Crippen LogP contribution in [-0.2, 0) is 14.3 Å². The van der Waals surface area contributed by atoms with E-state index in [1.807, 2.05) is 0 Å². The van der Waals surface area contributed by atoms with Crippen LogP contribution in [0.1, 0.15) is 20.8 Å². The molecule has 0 atom stereocenters. The van der Waals surface area contributed by atoms with E-state index in [4.69, 9.17) is 0 Å². The van der Waals surface area contributed by atoms with Gasteiger partial charge in [0.25, 0.3) is 0 Å². The fourth-order valence-electron chi connectivity index (χ4n) is 0.697. The molecule has 0 rings (SSSR count). The van der Waals surface area contributed by atoms with Crippen LogP contribution in [0.4, 0.5) is 18.0 Å². The number of amides is 1. The van der Waals surface area contributed by atoms with Gasteiger partial charge in [0.1, 0.15) is 5.60 Å². The van der Waals surface area contributed by atoms with E-state index in [9.17, 15) is 22.8 Å². The molecule has 0 unspecified atom stereocenters. The highest BCUT2D eigenvalue weighted by atomic mass is 19.4. The summed E-state index contributed by atoms with van der Waals surface area (Å²) in [6, 6.07) is 0. The molecular formula is C9H12F3NO4. The molecule has 17 heavy (non-hydrogen) atoms. The minimum Gasteiger partial charge on any atom is -0.464 e. The van der Waals surface area contributed by atoms with Crippen molar-refractivity contribution in [3.05, 3.63) is 0 Å². The molecule has 1 amide bonds. The van der Waals surface area contributed by atoms with E-state index in [1.165, 1.54) is 20.8 Å². The average Bonchev–Trinajstić information content (AvgIpc) is 2.08. The second-order valence-electron chi connectivity index (χ2n) is 3.93. The minimum absolute atomic E-state index is 0.749. The standard InChI is InChI=1S/C9H12F3NO4/c1-8(2,3)17-7(15)13-5(6(14)16-4)9(10,11)12/h1-4H3. The van der Waals surface area contributed by atoms with Gasteiger partial charge >= 0.3 is 18.2 Å². The Morgan fingerprint density at radius 1 is 1.12 bits per heavy atom. The highest BCUT2D eigenvalue weighted by Gasteiger charge is 2.43. The summed E-state index contributed by atoms with van der Waals surface area (Å²) in [5.74, 6) is -1.75. The molecule has 5 nitrogen and oxygen atoms in total. The summed E-state index contributed by atoms with van der Waals surface area (Å²) in [5.41, 5.74) is -2.96. The molecular weight excluding hydrogens is 243 g/mol. The summed E-state index contributed by atoms with van der Waals surface area (Å²) in [7, 11) is 0.749. The Balaban J connectivity index is 5.08. The van der Waals surface area contributed by atoms with Crippen molar-refractivity contribution < 1.29 is 32.2 Å².